The van der Waals surface area contributed by atoms with Gasteiger partial charge in [0, 0.05) is 13.2 Å². The van der Waals surface area contributed by atoms with Crippen molar-refractivity contribution in [3.63, 3.8) is 0 Å². The van der Waals surface area contributed by atoms with E-state index in [1.807, 2.05) is 0 Å². The van der Waals surface area contributed by atoms with Crippen molar-refractivity contribution in [2.24, 2.45) is 5.92 Å². The Morgan fingerprint density at radius 2 is 1.08 bits per heavy atom. The lowest BCUT2D eigenvalue weighted by atomic mass is 10.1. The van der Waals surface area contributed by atoms with E-state index in [0.29, 0.717) is 5.92 Å². The van der Waals surface area contributed by atoms with E-state index in [4.69, 9.17) is 8.85 Å². The molecule has 0 unspecified atom stereocenters. The smallest absolute Gasteiger partial charge is 0.337 e. The normalized spacial score (nSPS) is 12.2. The van der Waals surface area contributed by atoms with Crippen LogP contribution in [-0.4, -0.2) is 21.8 Å². The molecule has 2 nitrogen and oxygen atoms in total. The fourth-order valence-electron chi connectivity index (χ4n) is 3.03. The Labute approximate surface area is 154 Å². The summed E-state index contributed by atoms with van der Waals surface area (Å²) in [6.07, 6.45) is 14.9. The molecule has 0 aromatic heterocycles. The van der Waals surface area contributed by atoms with Crippen molar-refractivity contribution in [2.75, 3.05) is 13.2 Å². The Bertz CT molecular complexity index is 252. The molecule has 0 fully saturated rings. The van der Waals surface area contributed by atoms with E-state index < -0.39 is 8.56 Å². The van der Waals surface area contributed by atoms with E-state index in [0.717, 1.165) is 31.7 Å². The van der Waals surface area contributed by atoms with Crippen molar-refractivity contribution in [3.05, 3.63) is 0 Å². The molecule has 0 aromatic carbocycles. The molecule has 0 aliphatic rings. The highest BCUT2D eigenvalue weighted by Gasteiger charge is 2.33. The van der Waals surface area contributed by atoms with E-state index in [9.17, 15) is 0 Å². The largest absolute Gasteiger partial charge is 0.394 e. The molecule has 0 saturated heterocycles. The first-order valence-electron chi connectivity index (χ1n) is 10.9. The molecule has 0 radical (unpaired) electrons. The molecular weight excluding hydrogens is 312 g/mol. The fraction of sp³-hybridized carbons (Fsp3) is 1.00. The van der Waals surface area contributed by atoms with Gasteiger partial charge >= 0.3 is 8.56 Å². The van der Waals surface area contributed by atoms with Crippen LogP contribution in [0.3, 0.4) is 0 Å². The lowest BCUT2D eigenvalue weighted by Crippen LogP contribution is -2.41. The van der Waals surface area contributed by atoms with Crippen molar-refractivity contribution in [3.8, 4) is 0 Å². The molecule has 3 heteroatoms. The zero-order valence-corrected chi connectivity index (χ0v) is 18.5. The molecule has 0 amide bonds. The SMILES string of the molecule is CCCCCCCCCCCCO[Si](CC)(CC)OCCC(C)C. The summed E-state index contributed by atoms with van der Waals surface area (Å²) >= 11 is 0. The summed E-state index contributed by atoms with van der Waals surface area (Å²) in [5, 5.41) is 0. The zero-order valence-electron chi connectivity index (χ0n) is 17.5. The molecule has 0 rings (SSSR count). The van der Waals surface area contributed by atoms with E-state index >= 15 is 0 Å². The summed E-state index contributed by atoms with van der Waals surface area (Å²) in [5.41, 5.74) is 0. The summed E-state index contributed by atoms with van der Waals surface area (Å²) in [4.78, 5) is 0. The van der Waals surface area contributed by atoms with E-state index in [2.05, 4.69) is 34.6 Å². The van der Waals surface area contributed by atoms with Crippen LogP contribution in [0.5, 0.6) is 0 Å². The Balaban J connectivity index is 3.63. The lowest BCUT2D eigenvalue weighted by Gasteiger charge is -2.29. The highest BCUT2D eigenvalue weighted by Crippen LogP contribution is 2.20. The second-order valence-corrected chi connectivity index (χ2v) is 11.5. The molecule has 0 aliphatic carbocycles. The number of unbranched alkanes of at least 4 members (excludes halogenated alkanes) is 9. The average molecular weight is 359 g/mol. The average Bonchev–Trinajstić information content (AvgIpc) is 2.58. The molecule has 0 heterocycles. The van der Waals surface area contributed by atoms with E-state index in [1.54, 1.807) is 0 Å². The third-order valence-electron chi connectivity index (χ3n) is 5.00. The molecule has 0 saturated carbocycles. The van der Waals surface area contributed by atoms with Gasteiger partial charge in [0.2, 0.25) is 0 Å². The summed E-state index contributed by atoms with van der Waals surface area (Å²) in [7, 11) is -1.90. The molecule has 0 spiro atoms. The van der Waals surface area contributed by atoms with Gasteiger partial charge in [-0.15, -0.1) is 0 Å². The number of hydrogen-bond acceptors (Lipinski definition) is 2. The summed E-state index contributed by atoms with van der Waals surface area (Å²) in [6, 6.07) is 2.17. The number of rotatable bonds is 18. The van der Waals surface area contributed by atoms with Gasteiger partial charge in [0.25, 0.3) is 0 Å². The second kappa shape index (κ2) is 16.6. The predicted molar refractivity (Wildman–Crippen MR) is 110 cm³/mol. The minimum absolute atomic E-state index is 0.715. The van der Waals surface area contributed by atoms with Gasteiger partial charge in [0.1, 0.15) is 0 Å². The Morgan fingerprint density at radius 3 is 1.54 bits per heavy atom. The van der Waals surface area contributed by atoms with Gasteiger partial charge in [-0.05, 0) is 30.8 Å². The van der Waals surface area contributed by atoms with Crippen molar-refractivity contribution in [1.82, 2.24) is 0 Å². The highest BCUT2D eigenvalue weighted by molar-refractivity contribution is 6.67. The summed E-state index contributed by atoms with van der Waals surface area (Å²) in [5.74, 6) is 0.715. The molecule has 146 valence electrons. The summed E-state index contributed by atoms with van der Waals surface area (Å²) in [6.45, 7) is 13.1. The molecule has 0 N–H and O–H groups in total. The van der Waals surface area contributed by atoms with Crippen LogP contribution in [0.4, 0.5) is 0 Å². The monoisotopic (exact) mass is 358 g/mol. The van der Waals surface area contributed by atoms with Gasteiger partial charge in [0.05, 0.1) is 0 Å². The Hall–Kier alpha value is 0.137. The van der Waals surface area contributed by atoms with Crippen molar-refractivity contribution < 1.29 is 8.85 Å². The lowest BCUT2D eigenvalue weighted by molar-refractivity contribution is 0.159. The Kier molecular flexibility index (Phi) is 16.7. The minimum Gasteiger partial charge on any atom is -0.394 e. The predicted octanol–water partition coefficient (Wildman–Crippen LogP) is 7.47. The standard InChI is InChI=1S/C21H46O2Si/c1-6-9-10-11-12-13-14-15-16-17-19-22-24(7-2,8-3)23-20-18-21(4)5/h21H,6-20H2,1-5H3. The molecule has 24 heavy (non-hydrogen) atoms. The third kappa shape index (κ3) is 13.4. The quantitative estimate of drug-likeness (QED) is 0.187. The van der Waals surface area contributed by atoms with Crippen LogP contribution in [0, 0.1) is 5.92 Å². The van der Waals surface area contributed by atoms with Crippen LogP contribution >= 0.6 is 0 Å². The second-order valence-electron chi connectivity index (χ2n) is 7.68. The number of hydrogen-bond donors (Lipinski definition) is 0. The maximum atomic E-state index is 6.30. The van der Waals surface area contributed by atoms with Gasteiger partial charge in [0.15, 0.2) is 0 Å². The first-order valence-corrected chi connectivity index (χ1v) is 13.1. The van der Waals surface area contributed by atoms with Crippen LogP contribution in [-0.2, 0) is 8.85 Å². The van der Waals surface area contributed by atoms with Crippen LogP contribution in [0.25, 0.3) is 0 Å². The first-order chi connectivity index (χ1) is 11.6. The van der Waals surface area contributed by atoms with Crippen molar-refractivity contribution in [2.45, 2.75) is 117 Å². The molecule has 0 atom stereocenters. The molecule has 0 aliphatic heterocycles. The zero-order chi connectivity index (χ0) is 18.1. The van der Waals surface area contributed by atoms with Crippen molar-refractivity contribution in [1.29, 1.82) is 0 Å². The van der Waals surface area contributed by atoms with E-state index in [1.165, 1.54) is 64.2 Å². The van der Waals surface area contributed by atoms with Crippen molar-refractivity contribution >= 4 is 8.56 Å². The van der Waals surface area contributed by atoms with Gasteiger partial charge in [-0.25, -0.2) is 0 Å². The van der Waals surface area contributed by atoms with Gasteiger partial charge < -0.3 is 8.85 Å². The van der Waals surface area contributed by atoms with Gasteiger partial charge in [-0.3, -0.25) is 0 Å². The molecule has 0 bridgehead atoms. The van der Waals surface area contributed by atoms with Crippen LogP contribution in [0.15, 0.2) is 0 Å². The minimum atomic E-state index is -1.90. The highest BCUT2D eigenvalue weighted by atomic mass is 28.4. The molecular formula is C21H46O2Si. The summed E-state index contributed by atoms with van der Waals surface area (Å²) < 4.78 is 12.5. The fourth-order valence-corrected chi connectivity index (χ4v) is 5.43. The Morgan fingerprint density at radius 1 is 0.625 bits per heavy atom. The first kappa shape index (κ1) is 24.1. The van der Waals surface area contributed by atoms with Crippen LogP contribution < -0.4 is 0 Å². The van der Waals surface area contributed by atoms with Gasteiger partial charge in [-0.1, -0.05) is 92.4 Å². The van der Waals surface area contributed by atoms with Gasteiger partial charge in [-0.2, -0.15) is 0 Å². The topological polar surface area (TPSA) is 18.5 Å². The maximum absolute atomic E-state index is 6.30. The third-order valence-corrected chi connectivity index (χ3v) is 8.62. The van der Waals surface area contributed by atoms with Crippen LogP contribution in [0.1, 0.15) is 105 Å². The maximum Gasteiger partial charge on any atom is 0.337 e. The van der Waals surface area contributed by atoms with Crippen LogP contribution in [0.2, 0.25) is 12.1 Å². The van der Waals surface area contributed by atoms with E-state index in [-0.39, 0.29) is 0 Å². The molecule has 0 aromatic rings.